The average molecular weight is 327 g/mol. The van der Waals surface area contributed by atoms with Crippen molar-refractivity contribution in [3.8, 4) is 5.75 Å². The van der Waals surface area contributed by atoms with Gasteiger partial charge in [0.25, 0.3) is 0 Å². The van der Waals surface area contributed by atoms with Crippen molar-refractivity contribution in [3.05, 3.63) is 53.7 Å². The summed E-state index contributed by atoms with van der Waals surface area (Å²) in [5, 5.41) is 19.3. The third kappa shape index (κ3) is 3.33. The lowest BCUT2D eigenvalue weighted by molar-refractivity contribution is -0.143. The molecular weight excluding hydrogens is 306 g/mol. The number of hydrogen-bond donors (Lipinski definition) is 2. The maximum absolute atomic E-state index is 11.8. The predicted octanol–water partition coefficient (Wildman–Crippen LogP) is 2.04. The van der Waals surface area contributed by atoms with Crippen molar-refractivity contribution >= 4 is 11.8 Å². The van der Waals surface area contributed by atoms with Crippen LogP contribution in [-0.4, -0.2) is 52.2 Å². The summed E-state index contributed by atoms with van der Waals surface area (Å²) >= 11 is 0. The van der Waals surface area contributed by atoms with Crippen LogP contribution in [-0.2, 0) is 4.79 Å². The number of hydrogen-bond acceptors (Lipinski definition) is 5. The number of nitrogens with zero attached hydrogens (tertiary/aromatic N) is 3. The third-order valence-corrected chi connectivity index (χ3v) is 4.38. The summed E-state index contributed by atoms with van der Waals surface area (Å²) in [7, 11) is 0. The van der Waals surface area contributed by atoms with Crippen LogP contribution in [0, 0.1) is 6.92 Å². The SMILES string of the molecule is Cc1cccnc1N1CCN(C(C(=O)O)c2cccc(O)c2)CC1. The zero-order valence-corrected chi connectivity index (χ0v) is 13.6. The zero-order chi connectivity index (χ0) is 17.1. The smallest absolute Gasteiger partial charge is 0.325 e. The molecule has 0 radical (unpaired) electrons. The molecule has 1 aromatic heterocycles. The molecule has 1 aliphatic heterocycles. The van der Waals surface area contributed by atoms with Gasteiger partial charge in [0.1, 0.15) is 17.6 Å². The van der Waals surface area contributed by atoms with Crippen LogP contribution in [0.2, 0.25) is 0 Å². The number of phenolic OH excluding ortho intramolecular Hbond substituents is 1. The van der Waals surface area contributed by atoms with Crippen LogP contribution in [0.4, 0.5) is 5.82 Å². The number of aromatic hydroxyl groups is 1. The molecule has 2 heterocycles. The number of carboxylic acids is 1. The van der Waals surface area contributed by atoms with E-state index in [1.54, 1.807) is 24.4 Å². The van der Waals surface area contributed by atoms with Gasteiger partial charge in [0.05, 0.1) is 0 Å². The maximum Gasteiger partial charge on any atom is 0.325 e. The molecule has 0 amide bonds. The fourth-order valence-corrected chi connectivity index (χ4v) is 3.20. The van der Waals surface area contributed by atoms with E-state index in [1.807, 2.05) is 24.0 Å². The third-order valence-electron chi connectivity index (χ3n) is 4.38. The largest absolute Gasteiger partial charge is 0.508 e. The molecule has 1 aromatic carbocycles. The van der Waals surface area contributed by atoms with Crippen LogP contribution in [0.5, 0.6) is 5.75 Å². The number of rotatable bonds is 4. The van der Waals surface area contributed by atoms with Crippen molar-refractivity contribution in [1.82, 2.24) is 9.88 Å². The maximum atomic E-state index is 11.8. The molecule has 1 aliphatic rings. The molecule has 1 fully saturated rings. The summed E-state index contributed by atoms with van der Waals surface area (Å²) in [5.74, 6) is 0.144. The molecule has 126 valence electrons. The normalized spacial score (nSPS) is 16.8. The van der Waals surface area contributed by atoms with E-state index in [1.165, 1.54) is 6.07 Å². The molecule has 6 heteroatoms. The molecule has 24 heavy (non-hydrogen) atoms. The highest BCUT2D eigenvalue weighted by atomic mass is 16.4. The van der Waals surface area contributed by atoms with E-state index in [0.717, 1.165) is 24.5 Å². The van der Waals surface area contributed by atoms with Gasteiger partial charge in [0.2, 0.25) is 0 Å². The molecule has 0 spiro atoms. The number of phenols is 1. The van der Waals surface area contributed by atoms with Crippen LogP contribution in [0.15, 0.2) is 42.6 Å². The number of aromatic nitrogens is 1. The molecule has 2 aromatic rings. The van der Waals surface area contributed by atoms with E-state index in [9.17, 15) is 15.0 Å². The molecule has 1 atom stereocenters. The van der Waals surface area contributed by atoms with Crippen molar-refractivity contribution in [1.29, 1.82) is 0 Å². The Morgan fingerprint density at radius 1 is 1.17 bits per heavy atom. The van der Waals surface area contributed by atoms with Gasteiger partial charge in [-0.15, -0.1) is 0 Å². The minimum Gasteiger partial charge on any atom is -0.508 e. The highest BCUT2D eigenvalue weighted by Gasteiger charge is 2.31. The Bertz CT molecular complexity index is 727. The van der Waals surface area contributed by atoms with E-state index in [2.05, 4.69) is 9.88 Å². The van der Waals surface area contributed by atoms with Gasteiger partial charge in [-0.1, -0.05) is 18.2 Å². The van der Waals surface area contributed by atoms with Gasteiger partial charge in [-0.3, -0.25) is 9.69 Å². The first-order valence-corrected chi connectivity index (χ1v) is 7.98. The van der Waals surface area contributed by atoms with Crippen LogP contribution < -0.4 is 4.90 Å². The highest BCUT2D eigenvalue weighted by Crippen LogP contribution is 2.26. The quantitative estimate of drug-likeness (QED) is 0.895. The molecule has 0 bridgehead atoms. The Hall–Kier alpha value is -2.60. The minimum atomic E-state index is -0.900. The van der Waals surface area contributed by atoms with Crippen LogP contribution in [0.3, 0.4) is 0 Å². The molecule has 1 saturated heterocycles. The Morgan fingerprint density at radius 3 is 2.54 bits per heavy atom. The lowest BCUT2D eigenvalue weighted by atomic mass is 10.0. The highest BCUT2D eigenvalue weighted by molar-refractivity contribution is 5.75. The van der Waals surface area contributed by atoms with E-state index in [4.69, 9.17) is 0 Å². The van der Waals surface area contributed by atoms with Crippen molar-refractivity contribution in [3.63, 3.8) is 0 Å². The van der Waals surface area contributed by atoms with Gasteiger partial charge < -0.3 is 15.1 Å². The van der Waals surface area contributed by atoms with Crippen molar-refractivity contribution in [2.24, 2.45) is 0 Å². The Balaban J connectivity index is 1.74. The van der Waals surface area contributed by atoms with Gasteiger partial charge in [0, 0.05) is 32.4 Å². The number of aliphatic carboxylic acids is 1. The molecule has 2 N–H and O–H groups in total. The monoisotopic (exact) mass is 327 g/mol. The van der Waals surface area contributed by atoms with Gasteiger partial charge in [-0.25, -0.2) is 4.98 Å². The van der Waals surface area contributed by atoms with E-state index in [-0.39, 0.29) is 5.75 Å². The summed E-state index contributed by atoms with van der Waals surface area (Å²) in [6, 6.07) is 9.68. The minimum absolute atomic E-state index is 0.0847. The van der Waals surface area contributed by atoms with E-state index < -0.39 is 12.0 Å². The van der Waals surface area contributed by atoms with E-state index >= 15 is 0 Å². The average Bonchev–Trinajstić information content (AvgIpc) is 2.56. The van der Waals surface area contributed by atoms with Gasteiger partial charge in [-0.2, -0.15) is 0 Å². The molecule has 1 unspecified atom stereocenters. The predicted molar refractivity (Wildman–Crippen MR) is 91.2 cm³/mol. The molecule has 0 aliphatic carbocycles. The number of carbonyl (C=O) groups is 1. The van der Waals surface area contributed by atoms with E-state index in [0.29, 0.717) is 18.7 Å². The summed E-state index contributed by atoms with van der Waals surface area (Å²) in [5.41, 5.74) is 1.72. The topological polar surface area (TPSA) is 76.9 Å². The second-order valence-corrected chi connectivity index (χ2v) is 6.00. The Morgan fingerprint density at radius 2 is 1.92 bits per heavy atom. The molecule has 6 nitrogen and oxygen atoms in total. The van der Waals surface area contributed by atoms with Crippen molar-refractivity contribution < 1.29 is 15.0 Å². The van der Waals surface area contributed by atoms with Crippen LogP contribution in [0.1, 0.15) is 17.2 Å². The summed E-state index contributed by atoms with van der Waals surface area (Å²) in [6.07, 6.45) is 1.78. The lowest BCUT2D eigenvalue weighted by Crippen LogP contribution is -2.49. The summed E-state index contributed by atoms with van der Waals surface area (Å²) in [6.45, 7) is 4.73. The first-order valence-electron chi connectivity index (χ1n) is 7.98. The lowest BCUT2D eigenvalue weighted by Gasteiger charge is -2.38. The van der Waals surface area contributed by atoms with Crippen LogP contribution >= 0.6 is 0 Å². The second kappa shape index (κ2) is 6.88. The Kier molecular flexibility index (Phi) is 4.66. The van der Waals surface area contributed by atoms with Gasteiger partial charge >= 0.3 is 5.97 Å². The van der Waals surface area contributed by atoms with Gasteiger partial charge in [0.15, 0.2) is 0 Å². The second-order valence-electron chi connectivity index (χ2n) is 6.00. The van der Waals surface area contributed by atoms with Crippen molar-refractivity contribution in [2.75, 3.05) is 31.1 Å². The number of benzene rings is 1. The van der Waals surface area contributed by atoms with Crippen LogP contribution in [0.25, 0.3) is 0 Å². The van der Waals surface area contributed by atoms with Gasteiger partial charge in [-0.05, 0) is 36.2 Å². The Labute approximate surface area is 141 Å². The molecular formula is C18H21N3O3. The first kappa shape index (κ1) is 16.3. The summed E-state index contributed by atoms with van der Waals surface area (Å²) in [4.78, 5) is 20.3. The number of piperazine rings is 1. The fourth-order valence-electron chi connectivity index (χ4n) is 3.20. The fraction of sp³-hybridized carbons (Fsp3) is 0.333. The first-order chi connectivity index (χ1) is 11.6. The summed E-state index contributed by atoms with van der Waals surface area (Å²) < 4.78 is 0. The standard InChI is InChI=1S/C18H21N3O3/c1-13-4-3-7-19-17(13)21-10-8-20(9-11-21)16(18(23)24)14-5-2-6-15(22)12-14/h2-7,12,16,22H,8-11H2,1H3,(H,23,24). The molecule has 0 saturated carbocycles. The number of anilines is 1. The zero-order valence-electron chi connectivity index (χ0n) is 13.6. The number of pyridine rings is 1. The number of carboxylic acid groups (broad SMARTS) is 1. The molecule has 3 rings (SSSR count). The number of aryl methyl sites for hydroxylation is 1. The van der Waals surface area contributed by atoms with Crippen molar-refractivity contribution in [2.45, 2.75) is 13.0 Å².